The maximum absolute atomic E-state index is 12.2. The maximum atomic E-state index is 12.2. The van der Waals surface area contributed by atoms with E-state index in [9.17, 15) is 18.0 Å². The van der Waals surface area contributed by atoms with Gasteiger partial charge in [0.25, 0.3) is 5.91 Å². The molecular formula is C19H23N3O4S. The minimum Gasteiger partial charge on any atom is -0.366 e. The minimum absolute atomic E-state index is 0.102. The fourth-order valence-electron chi connectivity index (χ4n) is 2.67. The topological polar surface area (TPSA) is 110 Å². The number of carbonyl (C=O) groups is 2. The molecule has 0 saturated heterocycles. The Morgan fingerprint density at radius 1 is 1.11 bits per heavy atom. The number of nitrogens with two attached hydrogens (primary N) is 1. The molecule has 0 aliphatic carbocycles. The van der Waals surface area contributed by atoms with Crippen LogP contribution in [0.5, 0.6) is 0 Å². The van der Waals surface area contributed by atoms with Crippen LogP contribution in [0, 0.1) is 6.92 Å². The standard InChI is InChI=1S/C19H23N3O4S/c1-14-7-5-8-15(13-14)22(27(2,25)26)12-6-11-18(23)21-17-10-4-3-9-16(17)19(20)24/h3-5,7-10,13H,6,11-12H2,1-2H3,(H2,20,24)(H,21,23). The monoisotopic (exact) mass is 389 g/mol. The Morgan fingerprint density at radius 3 is 2.44 bits per heavy atom. The fraction of sp³-hybridized carbons (Fsp3) is 0.263. The van der Waals surface area contributed by atoms with Gasteiger partial charge in [0.05, 0.1) is 23.2 Å². The molecule has 0 bridgehead atoms. The van der Waals surface area contributed by atoms with Gasteiger partial charge in [0, 0.05) is 13.0 Å². The average molecular weight is 389 g/mol. The van der Waals surface area contributed by atoms with Crippen LogP contribution in [-0.2, 0) is 14.8 Å². The molecule has 2 aromatic carbocycles. The molecule has 2 aromatic rings. The van der Waals surface area contributed by atoms with E-state index in [4.69, 9.17) is 5.73 Å². The molecule has 2 amide bonds. The maximum Gasteiger partial charge on any atom is 0.250 e. The number of carbonyl (C=O) groups excluding carboxylic acids is 2. The summed E-state index contributed by atoms with van der Waals surface area (Å²) in [7, 11) is -3.47. The van der Waals surface area contributed by atoms with Crippen LogP contribution in [0.3, 0.4) is 0 Å². The van der Waals surface area contributed by atoms with Gasteiger partial charge in [-0.1, -0.05) is 24.3 Å². The fourth-order valence-corrected chi connectivity index (χ4v) is 3.63. The van der Waals surface area contributed by atoms with Crippen LogP contribution in [-0.4, -0.2) is 33.0 Å². The summed E-state index contributed by atoms with van der Waals surface area (Å²) in [6.45, 7) is 2.06. The van der Waals surface area contributed by atoms with E-state index in [1.54, 1.807) is 36.4 Å². The molecule has 0 aromatic heterocycles. The van der Waals surface area contributed by atoms with Crippen LogP contribution in [0.1, 0.15) is 28.8 Å². The number of nitrogens with one attached hydrogen (secondary N) is 1. The molecule has 8 heteroatoms. The first-order chi connectivity index (χ1) is 12.7. The van der Waals surface area contributed by atoms with Crippen LogP contribution >= 0.6 is 0 Å². The second-order valence-corrected chi connectivity index (χ2v) is 8.14. The third-order valence-corrected chi connectivity index (χ3v) is 5.12. The molecule has 0 heterocycles. The molecular weight excluding hydrogens is 366 g/mol. The van der Waals surface area contributed by atoms with Gasteiger partial charge in [0.2, 0.25) is 15.9 Å². The van der Waals surface area contributed by atoms with Crippen molar-refractivity contribution in [2.75, 3.05) is 22.4 Å². The Morgan fingerprint density at radius 2 is 1.81 bits per heavy atom. The van der Waals surface area contributed by atoms with Crippen LogP contribution in [0.2, 0.25) is 0 Å². The second-order valence-electron chi connectivity index (χ2n) is 6.24. The molecule has 0 saturated carbocycles. The third kappa shape index (κ3) is 5.82. The zero-order chi connectivity index (χ0) is 20.0. The summed E-state index contributed by atoms with van der Waals surface area (Å²) >= 11 is 0. The highest BCUT2D eigenvalue weighted by Gasteiger charge is 2.18. The molecule has 7 nitrogen and oxygen atoms in total. The van der Waals surface area contributed by atoms with Crippen LogP contribution in [0.25, 0.3) is 0 Å². The number of benzene rings is 2. The number of primary amides is 1. The molecule has 0 unspecified atom stereocenters. The number of amides is 2. The van der Waals surface area contributed by atoms with E-state index in [0.29, 0.717) is 17.8 Å². The number of para-hydroxylation sites is 1. The van der Waals surface area contributed by atoms with Crippen molar-refractivity contribution >= 4 is 33.2 Å². The summed E-state index contributed by atoms with van der Waals surface area (Å²) in [5, 5.41) is 2.65. The van der Waals surface area contributed by atoms with Gasteiger partial charge in [0.1, 0.15) is 0 Å². The lowest BCUT2D eigenvalue weighted by atomic mass is 10.1. The summed E-state index contributed by atoms with van der Waals surface area (Å²) in [5.41, 5.74) is 7.37. The quantitative estimate of drug-likeness (QED) is 0.722. The minimum atomic E-state index is -3.47. The number of sulfonamides is 1. The van der Waals surface area contributed by atoms with Crippen molar-refractivity contribution in [2.45, 2.75) is 19.8 Å². The van der Waals surface area contributed by atoms with E-state index in [1.165, 1.54) is 10.4 Å². The number of hydrogen-bond donors (Lipinski definition) is 2. The molecule has 3 N–H and O–H groups in total. The normalized spacial score (nSPS) is 11.0. The molecule has 0 spiro atoms. The first-order valence-corrected chi connectivity index (χ1v) is 10.3. The molecule has 0 aliphatic heterocycles. The Kier molecular flexibility index (Phi) is 6.57. The molecule has 144 valence electrons. The van der Waals surface area contributed by atoms with Crippen molar-refractivity contribution in [1.29, 1.82) is 0 Å². The van der Waals surface area contributed by atoms with Crippen molar-refractivity contribution in [3.63, 3.8) is 0 Å². The van der Waals surface area contributed by atoms with E-state index < -0.39 is 15.9 Å². The van der Waals surface area contributed by atoms with E-state index >= 15 is 0 Å². The summed E-state index contributed by atoms with van der Waals surface area (Å²) in [6, 6.07) is 13.6. The van der Waals surface area contributed by atoms with Crippen molar-refractivity contribution in [1.82, 2.24) is 0 Å². The first-order valence-electron chi connectivity index (χ1n) is 8.41. The third-order valence-electron chi connectivity index (χ3n) is 3.92. The van der Waals surface area contributed by atoms with Gasteiger partial charge in [-0.3, -0.25) is 13.9 Å². The number of anilines is 2. The molecule has 2 rings (SSSR count). The van der Waals surface area contributed by atoms with Crippen molar-refractivity contribution in [2.24, 2.45) is 5.73 Å². The number of nitrogens with zero attached hydrogens (tertiary/aromatic N) is 1. The lowest BCUT2D eigenvalue weighted by molar-refractivity contribution is -0.116. The summed E-state index contributed by atoms with van der Waals surface area (Å²) in [4.78, 5) is 23.6. The molecule has 27 heavy (non-hydrogen) atoms. The Hall–Kier alpha value is -2.87. The Bertz CT molecular complexity index is 941. The number of rotatable bonds is 8. The summed E-state index contributed by atoms with van der Waals surface area (Å²) < 4.78 is 25.5. The predicted molar refractivity (Wildman–Crippen MR) is 106 cm³/mol. The Labute approximate surface area is 159 Å². The number of aryl methyl sites for hydroxylation is 1. The molecule has 0 atom stereocenters. The first kappa shape index (κ1) is 20.4. The van der Waals surface area contributed by atoms with Crippen molar-refractivity contribution in [3.05, 3.63) is 59.7 Å². The van der Waals surface area contributed by atoms with E-state index in [1.807, 2.05) is 13.0 Å². The molecule has 0 fully saturated rings. The van der Waals surface area contributed by atoms with Crippen LogP contribution < -0.4 is 15.4 Å². The largest absolute Gasteiger partial charge is 0.366 e. The highest BCUT2D eigenvalue weighted by Crippen LogP contribution is 2.20. The van der Waals surface area contributed by atoms with Gasteiger partial charge in [-0.25, -0.2) is 8.42 Å². The van der Waals surface area contributed by atoms with Gasteiger partial charge < -0.3 is 11.1 Å². The van der Waals surface area contributed by atoms with E-state index in [-0.39, 0.29) is 24.4 Å². The van der Waals surface area contributed by atoms with Gasteiger partial charge in [-0.05, 0) is 43.2 Å². The zero-order valence-corrected chi connectivity index (χ0v) is 16.1. The zero-order valence-electron chi connectivity index (χ0n) is 15.3. The van der Waals surface area contributed by atoms with Gasteiger partial charge in [-0.2, -0.15) is 0 Å². The number of hydrogen-bond acceptors (Lipinski definition) is 4. The lowest BCUT2D eigenvalue weighted by Gasteiger charge is -2.22. The highest BCUT2D eigenvalue weighted by atomic mass is 32.2. The molecule has 0 radical (unpaired) electrons. The highest BCUT2D eigenvalue weighted by molar-refractivity contribution is 7.92. The smallest absolute Gasteiger partial charge is 0.250 e. The summed E-state index contributed by atoms with van der Waals surface area (Å²) in [5.74, 6) is -0.949. The van der Waals surface area contributed by atoms with Gasteiger partial charge in [0.15, 0.2) is 0 Å². The van der Waals surface area contributed by atoms with E-state index in [0.717, 1.165) is 11.8 Å². The van der Waals surface area contributed by atoms with Crippen LogP contribution in [0.4, 0.5) is 11.4 Å². The summed E-state index contributed by atoms with van der Waals surface area (Å²) in [6.07, 6.45) is 1.56. The predicted octanol–water partition coefficient (Wildman–Crippen LogP) is 2.28. The lowest BCUT2D eigenvalue weighted by Crippen LogP contribution is -2.31. The molecule has 0 aliphatic rings. The van der Waals surface area contributed by atoms with Crippen molar-refractivity contribution in [3.8, 4) is 0 Å². The van der Waals surface area contributed by atoms with Gasteiger partial charge >= 0.3 is 0 Å². The average Bonchev–Trinajstić information content (AvgIpc) is 2.58. The Balaban J connectivity index is 2.01. The SMILES string of the molecule is Cc1cccc(N(CCCC(=O)Nc2ccccc2C(N)=O)S(C)(=O)=O)c1. The van der Waals surface area contributed by atoms with Crippen LogP contribution in [0.15, 0.2) is 48.5 Å². The van der Waals surface area contributed by atoms with E-state index in [2.05, 4.69) is 5.32 Å². The van der Waals surface area contributed by atoms with Crippen molar-refractivity contribution < 1.29 is 18.0 Å². The van der Waals surface area contributed by atoms with Gasteiger partial charge in [-0.15, -0.1) is 0 Å². The second kappa shape index (κ2) is 8.68.